The van der Waals surface area contributed by atoms with Gasteiger partial charge in [0, 0.05) is 18.3 Å². The highest BCUT2D eigenvalue weighted by Gasteiger charge is 2.31. The fourth-order valence-corrected chi connectivity index (χ4v) is 3.31. The lowest BCUT2D eigenvalue weighted by Gasteiger charge is -2.36. The molecule has 0 radical (unpaired) electrons. The molecule has 132 valence electrons. The molecule has 1 aliphatic heterocycles. The third kappa shape index (κ3) is 3.65. The number of rotatable bonds is 4. The van der Waals surface area contributed by atoms with Gasteiger partial charge in [-0.1, -0.05) is 19.9 Å². The Morgan fingerprint density at radius 2 is 2.24 bits per heavy atom. The number of nitrogens with one attached hydrogen (secondary N) is 2. The van der Waals surface area contributed by atoms with Crippen molar-refractivity contribution in [3.05, 3.63) is 47.3 Å². The molecule has 3 N–H and O–H groups in total. The lowest BCUT2D eigenvalue weighted by molar-refractivity contribution is 0.102. The summed E-state index contributed by atoms with van der Waals surface area (Å²) in [6.45, 7) is 4.62. The highest BCUT2D eigenvalue weighted by Crippen LogP contribution is 2.35. The van der Waals surface area contributed by atoms with Crippen LogP contribution < -0.4 is 5.32 Å². The molecule has 7 heteroatoms. The van der Waals surface area contributed by atoms with Crippen LogP contribution in [0.25, 0.3) is 0 Å². The Labute approximate surface area is 146 Å². The summed E-state index contributed by atoms with van der Waals surface area (Å²) in [5, 5.41) is 18.7. The van der Waals surface area contributed by atoms with Crippen LogP contribution in [0.4, 0.5) is 10.5 Å². The summed E-state index contributed by atoms with van der Waals surface area (Å²) < 4.78 is 0. The quantitative estimate of drug-likeness (QED) is 0.794. The van der Waals surface area contributed by atoms with Crippen molar-refractivity contribution in [3.8, 4) is 0 Å². The van der Waals surface area contributed by atoms with Crippen LogP contribution in [0.3, 0.4) is 0 Å². The first-order valence-corrected chi connectivity index (χ1v) is 8.38. The molecule has 1 aromatic heterocycles. The summed E-state index contributed by atoms with van der Waals surface area (Å²) in [6.07, 6.45) is 3.64. The van der Waals surface area contributed by atoms with E-state index in [4.69, 9.17) is 0 Å². The number of nitrogens with zero attached hydrogens (tertiary/aromatic N) is 2. The van der Waals surface area contributed by atoms with Gasteiger partial charge < -0.3 is 15.3 Å². The minimum atomic E-state index is -0.891. The Bertz CT molecular complexity index is 771. The zero-order valence-corrected chi connectivity index (χ0v) is 14.3. The molecule has 1 aliphatic rings. The van der Waals surface area contributed by atoms with Gasteiger partial charge in [-0.15, -0.1) is 0 Å². The maximum Gasteiger partial charge on any atom is 0.407 e. The minimum Gasteiger partial charge on any atom is -0.465 e. The summed E-state index contributed by atoms with van der Waals surface area (Å²) in [5.41, 5.74) is 3.22. The molecule has 0 saturated carbocycles. The summed E-state index contributed by atoms with van der Waals surface area (Å²) in [6, 6.07) is 5.36. The van der Waals surface area contributed by atoms with E-state index in [2.05, 4.69) is 29.4 Å². The second-order valence-electron chi connectivity index (χ2n) is 6.73. The second-order valence-corrected chi connectivity index (χ2v) is 6.73. The molecule has 0 bridgehead atoms. The number of carboxylic acid groups (broad SMARTS) is 1. The van der Waals surface area contributed by atoms with E-state index >= 15 is 0 Å². The van der Waals surface area contributed by atoms with Crippen molar-refractivity contribution in [3.63, 3.8) is 0 Å². The molecule has 3 rings (SSSR count). The number of hydrogen-bond acceptors (Lipinski definition) is 3. The van der Waals surface area contributed by atoms with Gasteiger partial charge in [-0.2, -0.15) is 5.10 Å². The summed E-state index contributed by atoms with van der Waals surface area (Å²) in [7, 11) is 0. The molecular weight excluding hydrogens is 320 g/mol. The lowest BCUT2D eigenvalue weighted by atomic mass is 9.87. The van der Waals surface area contributed by atoms with Gasteiger partial charge in [-0.3, -0.25) is 9.89 Å². The third-order valence-corrected chi connectivity index (χ3v) is 4.46. The summed E-state index contributed by atoms with van der Waals surface area (Å²) in [4.78, 5) is 25.4. The fourth-order valence-electron chi connectivity index (χ4n) is 3.31. The molecular formula is C18H22N4O3. The smallest absolute Gasteiger partial charge is 0.407 e. The van der Waals surface area contributed by atoms with Gasteiger partial charge in [0.1, 0.15) is 0 Å². The van der Waals surface area contributed by atoms with Gasteiger partial charge in [0.2, 0.25) is 0 Å². The SMILES string of the molecule is CC(C)CC1c2ccc(C(=O)Nc3cn[nH]c3)cc2CCN1C(=O)O. The van der Waals surface area contributed by atoms with Crippen molar-refractivity contribution >= 4 is 17.7 Å². The first kappa shape index (κ1) is 17.0. The van der Waals surface area contributed by atoms with Crippen LogP contribution in [-0.4, -0.2) is 38.7 Å². The van der Waals surface area contributed by atoms with E-state index in [0.29, 0.717) is 30.1 Å². The molecule has 0 spiro atoms. The Hall–Kier alpha value is -2.83. The van der Waals surface area contributed by atoms with Crippen molar-refractivity contribution in [1.29, 1.82) is 0 Å². The van der Waals surface area contributed by atoms with Crippen LogP contribution >= 0.6 is 0 Å². The van der Waals surface area contributed by atoms with E-state index in [9.17, 15) is 14.7 Å². The molecule has 2 amide bonds. The predicted octanol–water partition coefficient (Wildman–Crippen LogP) is 3.29. The molecule has 1 atom stereocenters. The third-order valence-electron chi connectivity index (χ3n) is 4.46. The number of anilines is 1. The molecule has 0 saturated heterocycles. The molecule has 7 nitrogen and oxygen atoms in total. The van der Waals surface area contributed by atoms with Crippen LogP contribution in [0.2, 0.25) is 0 Å². The lowest BCUT2D eigenvalue weighted by Crippen LogP contribution is -2.39. The van der Waals surface area contributed by atoms with Crippen LogP contribution in [0, 0.1) is 5.92 Å². The number of amides is 2. The number of aromatic nitrogens is 2. The van der Waals surface area contributed by atoms with E-state index in [-0.39, 0.29) is 11.9 Å². The molecule has 25 heavy (non-hydrogen) atoms. The second kappa shape index (κ2) is 6.96. The minimum absolute atomic E-state index is 0.160. The Balaban J connectivity index is 1.86. The number of carbonyl (C=O) groups excluding carboxylic acids is 1. The van der Waals surface area contributed by atoms with E-state index < -0.39 is 6.09 Å². The maximum atomic E-state index is 12.4. The van der Waals surface area contributed by atoms with Crippen LogP contribution in [0.15, 0.2) is 30.6 Å². The highest BCUT2D eigenvalue weighted by molar-refractivity contribution is 6.04. The average Bonchev–Trinajstić information content (AvgIpc) is 3.06. The van der Waals surface area contributed by atoms with Crippen molar-refractivity contribution in [2.75, 3.05) is 11.9 Å². The van der Waals surface area contributed by atoms with Crippen LogP contribution in [0.1, 0.15) is 47.8 Å². The normalized spacial score (nSPS) is 16.6. The van der Waals surface area contributed by atoms with E-state index in [1.165, 1.54) is 4.90 Å². The number of hydrogen-bond donors (Lipinski definition) is 3. The number of carbonyl (C=O) groups is 2. The van der Waals surface area contributed by atoms with Crippen molar-refractivity contribution in [1.82, 2.24) is 15.1 Å². The molecule has 2 aromatic rings. The largest absolute Gasteiger partial charge is 0.465 e. The first-order chi connectivity index (χ1) is 12.0. The van der Waals surface area contributed by atoms with Gasteiger partial charge in [-0.25, -0.2) is 4.79 Å². The van der Waals surface area contributed by atoms with Gasteiger partial charge in [0.25, 0.3) is 5.91 Å². The molecule has 2 heterocycles. The van der Waals surface area contributed by atoms with Gasteiger partial charge in [0.05, 0.1) is 17.9 Å². The monoisotopic (exact) mass is 342 g/mol. The predicted molar refractivity (Wildman–Crippen MR) is 93.6 cm³/mol. The van der Waals surface area contributed by atoms with Gasteiger partial charge in [-0.05, 0) is 42.0 Å². The first-order valence-electron chi connectivity index (χ1n) is 8.38. The van der Waals surface area contributed by atoms with Crippen molar-refractivity contribution in [2.45, 2.75) is 32.7 Å². The molecule has 1 unspecified atom stereocenters. The zero-order chi connectivity index (χ0) is 18.0. The Morgan fingerprint density at radius 3 is 2.88 bits per heavy atom. The number of H-pyrrole nitrogens is 1. The van der Waals surface area contributed by atoms with Crippen LogP contribution in [-0.2, 0) is 6.42 Å². The van der Waals surface area contributed by atoms with Gasteiger partial charge >= 0.3 is 6.09 Å². The van der Waals surface area contributed by atoms with Gasteiger partial charge in [0.15, 0.2) is 0 Å². The standard InChI is InChI=1S/C18H22N4O3/c1-11(2)7-16-15-4-3-13(17(23)21-14-9-19-20-10-14)8-12(15)5-6-22(16)18(24)25/h3-4,8-11,16H,5-7H2,1-2H3,(H,19,20)(H,21,23)(H,24,25). The molecule has 0 aliphatic carbocycles. The summed E-state index contributed by atoms with van der Waals surface area (Å²) >= 11 is 0. The van der Waals surface area contributed by atoms with E-state index in [0.717, 1.165) is 17.5 Å². The fraction of sp³-hybridized carbons (Fsp3) is 0.389. The zero-order valence-electron chi connectivity index (χ0n) is 14.3. The van der Waals surface area contributed by atoms with E-state index in [1.54, 1.807) is 18.5 Å². The molecule has 0 fully saturated rings. The van der Waals surface area contributed by atoms with E-state index in [1.807, 2.05) is 12.1 Å². The van der Waals surface area contributed by atoms with Crippen molar-refractivity contribution < 1.29 is 14.7 Å². The average molecular weight is 342 g/mol. The molecule has 1 aromatic carbocycles. The number of fused-ring (bicyclic) bond motifs is 1. The van der Waals surface area contributed by atoms with Crippen LogP contribution in [0.5, 0.6) is 0 Å². The number of benzene rings is 1. The Morgan fingerprint density at radius 1 is 1.44 bits per heavy atom. The van der Waals surface area contributed by atoms with Crippen molar-refractivity contribution in [2.24, 2.45) is 5.92 Å². The summed E-state index contributed by atoms with van der Waals surface area (Å²) in [5.74, 6) is 0.173. The highest BCUT2D eigenvalue weighted by atomic mass is 16.4. The maximum absolute atomic E-state index is 12.4. The number of aromatic amines is 1. The topological polar surface area (TPSA) is 98.3 Å². The Kier molecular flexibility index (Phi) is 4.74.